The largest absolute Gasteiger partial charge is 0.495 e. The van der Waals surface area contributed by atoms with Gasteiger partial charge in [0.05, 0.1) is 12.8 Å². The molecule has 1 fully saturated rings. The minimum Gasteiger partial charge on any atom is -0.495 e. The van der Waals surface area contributed by atoms with E-state index in [2.05, 4.69) is 0 Å². The summed E-state index contributed by atoms with van der Waals surface area (Å²) in [5.74, 6) is -1.57. The van der Waals surface area contributed by atoms with E-state index in [0.717, 1.165) is 17.0 Å². The Balaban J connectivity index is 2.03. The molecule has 2 nitrogen and oxygen atoms in total. The molecule has 4 heteroatoms. The molecular formula is C14H19F2NO. The van der Waals surface area contributed by atoms with Crippen LogP contribution in [0.3, 0.4) is 0 Å². The number of rotatable bonds is 4. The van der Waals surface area contributed by atoms with Gasteiger partial charge in [0, 0.05) is 26.4 Å². The highest BCUT2D eigenvalue weighted by Crippen LogP contribution is 2.43. The van der Waals surface area contributed by atoms with Gasteiger partial charge in [-0.3, -0.25) is 0 Å². The van der Waals surface area contributed by atoms with E-state index in [9.17, 15) is 8.78 Å². The molecule has 0 saturated heterocycles. The molecule has 0 radical (unpaired) electrons. The van der Waals surface area contributed by atoms with Gasteiger partial charge in [0.15, 0.2) is 0 Å². The van der Waals surface area contributed by atoms with Crippen molar-refractivity contribution >= 4 is 5.69 Å². The van der Waals surface area contributed by atoms with Gasteiger partial charge >= 0.3 is 0 Å². The summed E-state index contributed by atoms with van der Waals surface area (Å²) in [6.07, 6.45) is 0.0109. The SMILES string of the molecule is COc1cc(C)ccc1N(C)CC1CC(F)(F)C1. The van der Waals surface area contributed by atoms with E-state index in [4.69, 9.17) is 4.74 Å². The molecule has 1 aliphatic carbocycles. The molecule has 0 aromatic heterocycles. The number of nitrogens with zero attached hydrogens (tertiary/aromatic N) is 1. The predicted octanol–water partition coefficient (Wildman–Crippen LogP) is 3.49. The molecule has 100 valence electrons. The molecular weight excluding hydrogens is 236 g/mol. The maximum absolute atomic E-state index is 12.8. The zero-order valence-electron chi connectivity index (χ0n) is 11.0. The van der Waals surface area contributed by atoms with Gasteiger partial charge in [0.1, 0.15) is 5.75 Å². The predicted molar refractivity (Wildman–Crippen MR) is 68.7 cm³/mol. The standard InChI is InChI=1S/C14H19F2NO/c1-10-4-5-12(13(6-10)18-3)17(2)9-11-7-14(15,16)8-11/h4-6,11H,7-9H2,1-3H3. The van der Waals surface area contributed by atoms with Gasteiger partial charge in [-0.25, -0.2) is 8.78 Å². The monoisotopic (exact) mass is 255 g/mol. The molecule has 2 rings (SSSR count). The van der Waals surface area contributed by atoms with Gasteiger partial charge in [-0.05, 0) is 30.5 Å². The Hall–Kier alpha value is -1.32. The van der Waals surface area contributed by atoms with Crippen molar-refractivity contribution in [2.45, 2.75) is 25.7 Å². The Morgan fingerprint density at radius 3 is 2.61 bits per heavy atom. The highest BCUT2D eigenvalue weighted by Gasteiger charge is 2.45. The van der Waals surface area contributed by atoms with Crippen LogP contribution in [0, 0.1) is 12.8 Å². The lowest BCUT2D eigenvalue weighted by Crippen LogP contribution is -2.41. The van der Waals surface area contributed by atoms with Crippen LogP contribution < -0.4 is 9.64 Å². The number of anilines is 1. The Bertz CT molecular complexity index is 426. The molecule has 1 aliphatic rings. The third kappa shape index (κ3) is 2.74. The zero-order valence-corrected chi connectivity index (χ0v) is 11.0. The molecule has 0 bridgehead atoms. The fraction of sp³-hybridized carbons (Fsp3) is 0.571. The van der Waals surface area contributed by atoms with E-state index in [1.807, 2.05) is 37.1 Å². The van der Waals surface area contributed by atoms with Gasteiger partial charge in [-0.15, -0.1) is 0 Å². The molecule has 0 amide bonds. The molecule has 18 heavy (non-hydrogen) atoms. The van der Waals surface area contributed by atoms with Crippen LogP contribution in [0.1, 0.15) is 18.4 Å². The van der Waals surface area contributed by atoms with Crippen LogP contribution in [0.4, 0.5) is 14.5 Å². The number of halogens is 2. The third-order valence-corrected chi connectivity index (χ3v) is 3.45. The normalized spacial score (nSPS) is 18.3. The van der Waals surface area contributed by atoms with Crippen molar-refractivity contribution in [1.82, 2.24) is 0 Å². The van der Waals surface area contributed by atoms with E-state index in [-0.39, 0.29) is 18.8 Å². The molecule has 0 atom stereocenters. The highest BCUT2D eigenvalue weighted by atomic mass is 19.3. The topological polar surface area (TPSA) is 12.5 Å². The molecule has 1 saturated carbocycles. The fourth-order valence-corrected chi connectivity index (χ4v) is 2.50. The number of hydrogen-bond acceptors (Lipinski definition) is 2. The lowest BCUT2D eigenvalue weighted by Gasteiger charge is -2.38. The Kier molecular flexibility index (Phi) is 3.46. The summed E-state index contributed by atoms with van der Waals surface area (Å²) in [6.45, 7) is 2.65. The summed E-state index contributed by atoms with van der Waals surface area (Å²) < 4.78 is 30.9. The highest BCUT2D eigenvalue weighted by molar-refractivity contribution is 5.59. The smallest absolute Gasteiger partial charge is 0.248 e. The minimum atomic E-state index is -2.44. The van der Waals surface area contributed by atoms with E-state index in [1.54, 1.807) is 7.11 Å². The average Bonchev–Trinajstić information content (AvgIpc) is 2.26. The van der Waals surface area contributed by atoms with Gasteiger partial charge < -0.3 is 9.64 Å². The zero-order chi connectivity index (χ0) is 13.3. The summed E-state index contributed by atoms with van der Waals surface area (Å²) in [6, 6.07) is 5.94. The molecule has 0 N–H and O–H groups in total. The summed E-state index contributed by atoms with van der Waals surface area (Å²) in [5, 5.41) is 0. The van der Waals surface area contributed by atoms with Crippen molar-refractivity contribution in [2.24, 2.45) is 5.92 Å². The first kappa shape index (κ1) is 13.1. The van der Waals surface area contributed by atoms with Crippen LogP contribution in [0.5, 0.6) is 5.75 Å². The number of methoxy groups -OCH3 is 1. The first-order valence-electron chi connectivity index (χ1n) is 6.15. The van der Waals surface area contributed by atoms with Crippen LogP contribution in [0.15, 0.2) is 18.2 Å². The summed E-state index contributed by atoms with van der Waals surface area (Å²) in [5.41, 5.74) is 2.08. The van der Waals surface area contributed by atoms with Gasteiger partial charge in [0.25, 0.3) is 0 Å². The molecule has 1 aromatic rings. The van der Waals surface area contributed by atoms with E-state index < -0.39 is 5.92 Å². The van der Waals surface area contributed by atoms with Crippen LogP contribution in [0.2, 0.25) is 0 Å². The second kappa shape index (κ2) is 4.75. The molecule has 0 spiro atoms. The van der Waals surface area contributed by atoms with Crippen molar-refractivity contribution in [2.75, 3.05) is 25.6 Å². The van der Waals surface area contributed by atoms with Gasteiger partial charge in [-0.2, -0.15) is 0 Å². The van der Waals surface area contributed by atoms with Crippen LogP contribution in [-0.2, 0) is 0 Å². The van der Waals surface area contributed by atoms with Crippen LogP contribution >= 0.6 is 0 Å². The Morgan fingerprint density at radius 2 is 2.06 bits per heavy atom. The second-order valence-electron chi connectivity index (χ2n) is 5.19. The van der Waals surface area contributed by atoms with Gasteiger partial charge in [-0.1, -0.05) is 6.07 Å². The van der Waals surface area contributed by atoms with E-state index in [0.29, 0.717) is 6.54 Å². The van der Waals surface area contributed by atoms with E-state index >= 15 is 0 Å². The molecule has 0 heterocycles. The Morgan fingerprint density at radius 1 is 1.39 bits per heavy atom. The minimum absolute atomic E-state index is 0.00547. The number of alkyl halides is 2. The lowest BCUT2D eigenvalue weighted by atomic mass is 9.81. The summed E-state index contributed by atoms with van der Waals surface area (Å²) in [4.78, 5) is 2.00. The number of ether oxygens (including phenoxy) is 1. The van der Waals surface area contributed by atoms with Crippen molar-refractivity contribution in [3.63, 3.8) is 0 Å². The second-order valence-corrected chi connectivity index (χ2v) is 5.19. The summed E-state index contributed by atoms with van der Waals surface area (Å²) >= 11 is 0. The number of benzene rings is 1. The first-order valence-corrected chi connectivity index (χ1v) is 6.15. The first-order chi connectivity index (χ1) is 8.41. The lowest BCUT2D eigenvalue weighted by molar-refractivity contribution is -0.107. The number of hydrogen-bond donors (Lipinski definition) is 0. The molecule has 0 aliphatic heterocycles. The van der Waals surface area contributed by atoms with Crippen molar-refractivity contribution in [3.05, 3.63) is 23.8 Å². The molecule has 0 unspecified atom stereocenters. The third-order valence-electron chi connectivity index (χ3n) is 3.45. The molecule has 1 aromatic carbocycles. The fourth-order valence-electron chi connectivity index (χ4n) is 2.50. The van der Waals surface area contributed by atoms with Gasteiger partial charge in [0.2, 0.25) is 5.92 Å². The number of aryl methyl sites for hydroxylation is 1. The van der Waals surface area contributed by atoms with Crippen LogP contribution in [0.25, 0.3) is 0 Å². The van der Waals surface area contributed by atoms with Crippen molar-refractivity contribution < 1.29 is 13.5 Å². The van der Waals surface area contributed by atoms with Crippen molar-refractivity contribution in [1.29, 1.82) is 0 Å². The average molecular weight is 255 g/mol. The maximum atomic E-state index is 12.8. The van der Waals surface area contributed by atoms with Crippen LogP contribution in [-0.4, -0.2) is 26.6 Å². The Labute approximate surface area is 107 Å². The maximum Gasteiger partial charge on any atom is 0.248 e. The quantitative estimate of drug-likeness (QED) is 0.816. The van der Waals surface area contributed by atoms with E-state index in [1.165, 1.54) is 0 Å². The van der Waals surface area contributed by atoms with Crippen molar-refractivity contribution in [3.8, 4) is 5.75 Å². The summed E-state index contributed by atoms with van der Waals surface area (Å²) in [7, 11) is 3.55.